The van der Waals surface area contributed by atoms with Crippen molar-refractivity contribution in [1.82, 2.24) is 0 Å². The van der Waals surface area contributed by atoms with E-state index in [-0.39, 0.29) is 19.4 Å². The fourth-order valence-corrected chi connectivity index (χ4v) is 5.48. The highest BCUT2D eigenvalue weighted by Gasteiger charge is 2.36. The Morgan fingerprint density at radius 3 is 1.96 bits per heavy atom. The van der Waals surface area contributed by atoms with E-state index in [1.807, 2.05) is 6.08 Å². The molecule has 1 rings (SSSR count). The Balaban J connectivity index is 2.15. The predicted octanol–water partition coefficient (Wildman–Crippen LogP) is 9.46. The van der Waals surface area contributed by atoms with Gasteiger partial charge in [-0.2, -0.15) is 0 Å². The number of hydrogen-bond acceptors (Lipinski definition) is 7. The van der Waals surface area contributed by atoms with Crippen molar-refractivity contribution in [2.45, 2.75) is 167 Å². The summed E-state index contributed by atoms with van der Waals surface area (Å²) in [6.45, 7) is 5.85. The molecule has 1 aliphatic heterocycles. The van der Waals surface area contributed by atoms with Crippen LogP contribution in [0.2, 0.25) is 0 Å². The molecule has 2 unspecified atom stereocenters. The Bertz CT molecular complexity index is 940. The number of hydrogen-bond donors (Lipinski definition) is 2. The van der Waals surface area contributed by atoms with Gasteiger partial charge in [-0.3, -0.25) is 14.1 Å². The van der Waals surface area contributed by atoms with Gasteiger partial charge in [0.1, 0.15) is 6.61 Å². The summed E-state index contributed by atoms with van der Waals surface area (Å²) in [5.74, 6) is -0.196. The summed E-state index contributed by atoms with van der Waals surface area (Å²) in [7, 11) is -4.76. The van der Waals surface area contributed by atoms with Crippen molar-refractivity contribution in [2.24, 2.45) is 5.92 Å². The number of ether oxygens (including phenoxy) is 3. The maximum Gasteiger partial charge on any atom is 0.469 e. The third kappa shape index (κ3) is 28.9. The quantitative estimate of drug-likeness (QED) is 0.0241. The second-order valence-corrected chi connectivity index (χ2v) is 14.3. The maximum absolute atomic E-state index is 12.3. The van der Waals surface area contributed by atoms with Crippen molar-refractivity contribution >= 4 is 19.8 Å². The Kier molecular flexibility index (Phi) is 25.9. The van der Waals surface area contributed by atoms with E-state index in [1.54, 1.807) is 0 Å². The summed E-state index contributed by atoms with van der Waals surface area (Å²) in [5.41, 5.74) is 0. The van der Waals surface area contributed by atoms with Crippen molar-refractivity contribution in [2.75, 3.05) is 13.2 Å². The van der Waals surface area contributed by atoms with Crippen molar-refractivity contribution in [1.29, 1.82) is 0 Å². The third-order valence-electron chi connectivity index (χ3n) is 7.99. The van der Waals surface area contributed by atoms with Gasteiger partial charge in [0.2, 0.25) is 0 Å². The van der Waals surface area contributed by atoms with Gasteiger partial charge < -0.3 is 24.0 Å². The van der Waals surface area contributed by atoms with Crippen LogP contribution < -0.4 is 0 Å². The average Bonchev–Trinajstić information content (AvgIpc) is 3.77. The lowest BCUT2D eigenvalue weighted by Crippen LogP contribution is -2.29. The molecular weight excluding hydrogens is 619 g/mol. The number of carbonyl (C=O) groups is 2. The molecule has 9 nitrogen and oxygen atoms in total. The van der Waals surface area contributed by atoms with Crippen LogP contribution in [0.15, 0.2) is 36.5 Å². The molecule has 0 aromatic heterocycles. The number of unbranched alkanes of at least 4 members (excludes halogenated alkanes) is 11. The molecule has 0 saturated carbocycles. The first-order valence-corrected chi connectivity index (χ1v) is 19.8. The van der Waals surface area contributed by atoms with Crippen LogP contribution in [0, 0.1) is 5.92 Å². The highest BCUT2D eigenvalue weighted by molar-refractivity contribution is 7.46. The number of phosphoric acid groups is 1. The van der Waals surface area contributed by atoms with Gasteiger partial charge in [0.05, 0.1) is 18.8 Å². The van der Waals surface area contributed by atoms with Crippen LogP contribution in [-0.4, -0.2) is 53.3 Å². The number of carbonyl (C=O) groups excluding carboxylic acids is 2. The summed E-state index contributed by atoms with van der Waals surface area (Å²) in [5, 5.41) is 0. The smallest absolute Gasteiger partial charge is 0.462 e. The van der Waals surface area contributed by atoms with Gasteiger partial charge in [-0.05, 0) is 57.3 Å². The topological polar surface area (TPSA) is 132 Å². The minimum Gasteiger partial charge on any atom is -0.462 e. The molecule has 0 aliphatic carbocycles. The van der Waals surface area contributed by atoms with Gasteiger partial charge in [-0.1, -0.05) is 121 Å². The first kappa shape index (κ1) is 43.3. The first-order valence-electron chi connectivity index (χ1n) is 18.3. The Morgan fingerprint density at radius 1 is 0.723 bits per heavy atom. The van der Waals surface area contributed by atoms with Crippen LogP contribution in [0.3, 0.4) is 0 Å². The normalized spacial score (nSPS) is 17.3. The second kappa shape index (κ2) is 28.1. The van der Waals surface area contributed by atoms with Crippen molar-refractivity contribution in [3.63, 3.8) is 0 Å². The molecule has 0 aromatic rings. The molecule has 2 N–H and O–H groups in total. The van der Waals surface area contributed by atoms with E-state index >= 15 is 0 Å². The summed E-state index contributed by atoms with van der Waals surface area (Å²) in [6, 6.07) is 0. The molecule has 0 amide bonds. The van der Waals surface area contributed by atoms with Gasteiger partial charge in [-0.25, -0.2) is 4.57 Å². The van der Waals surface area contributed by atoms with Crippen LogP contribution in [0.25, 0.3) is 0 Å². The van der Waals surface area contributed by atoms with Crippen molar-refractivity contribution < 1.29 is 42.7 Å². The van der Waals surface area contributed by atoms with E-state index in [0.29, 0.717) is 25.0 Å². The van der Waals surface area contributed by atoms with Crippen LogP contribution in [0.4, 0.5) is 0 Å². The van der Waals surface area contributed by atoms with Crippen LogP contribution in [-0.2, 0) is 32.9 Å². The van der Waals surface area contributed by atoms with Crippen LogP contribution in [0.5, 0.6) is 0 Å². The average molecular weight is 685 g/mol. The van der Waals surface area contributed by atoms with Crippen molar-refractivity contribution in [3.05, 3.63) is 36.5 Å². The molecule has 1 fully saturated rings. The van der Waals surface area contributed by atoms with E-state index in [9.17, 15) is 14.2 Å². The van der Waals surface area contributed by atoms with Gasteiger partial charge in [0.25, 0.3) is 0 Å². The predicted molar refractivity (Wildman–Crippen MR) is 188 cm³/mol. The highest BCUT2D eigenvalue weighted by Crippen LogP contribution is 2.36. The second-order valence-electron chi connectivity index (χ2n) is 13.1. The van der Waals surface area contributed by atoms with Gasteiger partial charge in [0.15, 0.2) is 6.10 Å². The lowest BCUT2D eigenvalue weighted by Gasteiger charge is -2.18. The summed E-state index contributed by atoms with van der Waals surface area (Å²) < 4.78 is 31.9. The van der Waals surface area contributed by atoms with Crippen LogP contribution >= 0.6 is 7.82 Å². The van der Waals surface area contributed by atoms with Gasteiger partial charge in [0, 0.05) is 12.8 Å². The molecule has 1 heterocycles. The molecule has 1 saturated heterocycles. The summed E-state index contributed by atoms with van der Waals surface area (Å²) >= 11 is 0. The van der Waals surface area contributed by atoms with E-state index < -0.39 is 32.5 Å². The first-order chi connectivity index (χ1) is 22.6. The lowest BCUT2D eigenvalue weighted by atomic mass is 10.0. The lowest BCUT2D eigenvalue weighted by molar-refractivity contribution is -0.161. The standard InChI is InChI=1S/C37H65O9P/c1-4-5-6-7-16-21-26-34-35(46-34)27-22-17-12-10-14-18-23-28-36(38)43-30-33(31-44-47(40,41)42)45-37(39)29-24-19-13-9-8-11-15-20-25-32(2)3/h10,14,16-17,21-22,32-35H,4-9,11-13,15,18-20,23-31H2,1-3H3,(H2,40,41,42)/b14-10-,21-16-,22-17-/t33-,34?,35?/m1/s1. The molecule has 0 radical (unpaired) electrons. The number of rotatable bonds is 31. The largest absolute Gasteiger partial charge is 0.469 e. The molecule has 0 bridgehead atoms. The molecule has 10 heteroatoms. The SMILES string of the molecule is CCCCC/C=C\CC1OC1C/C=C\C/C=C\CCCC(=O)OC[C@H](COP(=O)(O)O)OC(=O)CCCCCCCCCCC(C)C. The molecule has 272 valence electrons. The number of allylic oxidation sites excluding steroid dienone is 4. The van der Waals surface area contributed by atoms with E-state index in [2.05, 4.69) is 55.7 Å². The zero-order valence-electron chi connectivity index (χ0n) is 29.5. The summed E-state index contributed by atoms with van der Waals surface area (Å²) in [6.07, 6.45) is 32.0. The van der Waals surface area contributed by atoms with Gasteiger partial charge >= 0.3 is 19.8 Å². The molecule has 0 spiro atoms. The summed E-state index contributed by atoms with van der Waals surface area (Å²) in [4.78, 5) is 42.6. The Hall–Kier alpha value is -1.77. The Morgan fingerprint density at radius 2 is 1.30 bits per heavy atom. The third-order valence-corrected chi connectivity index (χ3v) is 8.48. The number of esters is 2. The van der Waals surface area contributed by atoms with Gasteiger partial charge in [-0.15, -0.1) is 0 Å². The van der Waals surface area contributed by atoms with Crippen LogP contribution in [0.1, 0.15) is 149 Å². The zero-order chi connectivity index (χ0) is 34.6. The molecule has 3 atom stereocenters. The highest BCUT2D eigenvalue weighted by atomic mass is 31.2. The molecule has 47 heavy (non-hydrogen) atoms. The monoisotopic (exact) mass is 684 g/mol. The van der Waals surface area contributed by atoms with E-state index in [0.717, 1.165) is 57.3 Å². The fourth-order valence-electron chi connectivity index (χ4n) is 5.12. The van der Waals surface area contributed by atoms with Crippen molar-refractivity contribution in [3.8, 4) is 0 Å². The minimum atomic E-state index is -4.76. The molecular formula is C37H65O9P. The maximum atomic E-state index is 12.3. The zero-order valence-corrected chi connectivity index (χ0v) is 30.4. The van der Waals surface area contributed by atoms with E-state index in [1.165, 1.54) is 51.4 Å². The van der Waals surface area contributed by atoms with E-state index in [4.69, 9.17) is 24.0 Å². The molecule has 0 aromatic carbocycles. The Labute approximate surface area is 285 Å². The number of phosphoric ester groups is 1. The number of epoxide rings is 1. The minimum absolute atomic E-state index is 0.186. The fraction of sp³-hybridized carbons (Fsp3) is 0.784. The molecule has 1 aliphatic rings.